The van der Waals surface area contributed by atoms with E-state index in [1.165, 1.54) is 11.2 Å². The van der Waals surface area contributed by atoms with Gasteiger partial charge in [-0.25, -0.2) is 0 Å². The van der Waals surface area contributed by atoms with Gasteiger partial charge in [-0.2, -0.15) is 0 Å². The highest BCUT2D eigenvalue weighted by Gasteiger charge is 2.48. The van der Waals surface area contributed by atoms with Crippen LogP contribution in [0.4, 0.5) is 11.4 Å². The number of hydrogen-bond acceptors (Lipinski definition) is 6. The van der Waals surface area contributed by atoms with Crippen molar-refractivity contribution in [1.29, 1.82) is 0 Å². The Bertz CT molecular complexity index is 1210. The SMILES string of the molecule is CC(C)COc1cccc(/C(O)=C2/C(=O)C(=O)N(c3ccc(N(C)C)cc3)C2c2ccco2)c1. The van der Waals surface area contributed by atoms with E-state index in [1.807, 2.05) is 45.0 Å². The fraction of sp³-hybridized carbons (Fsp3) is 0.259. The number of rotatable bonds is 7. The maximum absolute atomic E-state index is 13.2. The molecule has 3 aromatic rings. The van der Waals surface area contributed by atoms with Crippen LogP contribution in [0.1, 0.15) is 31.2 Å². The van der Waals surface area contributed by atoms with Gasteiger partial charge in [-0.1, -0.05) is 26.0 Å². The number of aliphatic hydroxyl groups is 1. The lowest BCUT2D eigenvalue weighted by atomic mass is 9.99. The number of Topliss-reactive ketones (excluding diaryl/α,β-unsaturated/α-hetero) is 1. The van der Waals surface area contributed by atoms with Crippen molar-refractivity contribution >= 4 is 28.8 Å². The predicted octanol–water partition coefficient (Wildman–Crippen LogP) is 5.01. The van der Waals surface area contributed by atoms with E-state index in [4.69, 9.17) is 9.15 Å². The quantitative estimate of drug-likeness (QED) is 0.303. The Labute approximate surface area is 198 Å². The van der Waals surface area contributed by atoms with Crippen LogP contribution < -0.4 is 14.5 Å². The van der Waals surface area contributed by atoms with Crippen LogP contribution in [0.25, 0.3) is 5.76 Å². The number of ketones is 1. The van der Waals surface area contributed by atoms with Gasteiger partial charge in [0.15, 0.2) is 0 Å². The average Bonchev–Trinajstić information content (AvgIpc) is 3.44. The van der Waals surface area contributed by atoms with E-state index < -0.39 is 17.7 Å². The Kier molecular flexibility index (Phi) is 6.45. The first-order chi connectivity index (χ1) is 16.3. The normalized spacial score (nSPS) is 17.4. The number of benzene rings is 2. The first-order valence-corrected chi connectivity index (χ1v) is 11.1. The van der Waals surface area contributed by atoms with Crippen molar-refractivity contribution in [2.75, 3.05) is 30.5 Å². The van der Waals surface area contributed by atoms with Gasteiger partial charge in [-0.05, 0) is 54.4 Å². The number of ether oxygens (including phenoxy) is 1. The fourth-order valence-corrected chi connectivity index (χ4v) is 3.88. The zero-order valence-corrected chi connectivity index (χ0v) is 19.7. The third-order valence-corrected chi connectivity index (χ3v) is 5.59. The van der Waals surface area contributed by atoms with E-state index in [0.717, 1.165) is 5.69 Å². The molecule has 1 unspecified atom stereocenters. The van der Waals surface area contributed by atoms with Gasteiger partial charge in [0.2, 0.25) is 0 Å². The summed E-state index contributed by atoms with van der Waals surface area (Å²) in [6.07, 6.45) is 1.48. The van der Waals surface area contributed by atoms with Gasteiger partial charge in [-0.3, -0.25) is 14.5 Å². The molecular weight excluding hydrogens is 432 g/mol. The number of furan rings is 1. The second-order valence-corrected chi connectivity index (χ2v) is 8.83. The van der Waals surface area contributed by atoms with Crippen LogP contribution in [0.2, 0.25) is 0 Å². The Morgan fingerprint density at radius 2 is 1.82 bits per heavy atom. The summed E-state index contributed by atoms with van der Waals surface area (Å²) in [6, 6.07) is 16.6. The lowest BCUT2D eigenvalue weighted by Gasteiger charge is -2.24. The summed E-state index contributed by atoms with van der Waals surface area (Å²) in [5.41, 5.74) is 1.84. The van der Waals surface area contributed by atoms with Gasteiger partial charge < -0.3 is 19.2 Å². The van der Waals surface area contributed by atoms with E-state index >= 15 is 0 Å². The van der Waals surface area contributed by atoms with E-state index in [1.54, 1.807) is 48.5 Å². The largest absolute Gasteiger partial charge is 0.507 e. The van der Waals surface area contributed by atoms with Crippen LogP contribution in [0, 0.1) is 5.92 Å². The van der Waals surface area contributed by atoms with Crippen molar-refractivity contribution in [2.45, 2.75) is 19.9 Å². The van der Waals surface area contributed by atoms with Crippen LogP contribution in [-0.4, -0.2) is 37.5 Å². The molecule has 1 saturated heterocycles. The topological polar surface area (TPSA) is 83.2 Å². The van der Waals surface area contributed by atoms with Crippen molar-refractivity contribution < 1.29 is 23.8 Å². The molecule has 4 rings (SSSR count). The Balaban J connectivity index is 1.80. The summed E-state index contributed by atoms with van der Waals surface area (Å²) in [6.45, 7) is 4.60. The molecule has 1 aliphatic heterocycles. The number of anilines is 2. The van der Waals surface area contributed by atoms with Crippen LogP contribution in [0.5, 0.6) is 5.75 Å². The molecule has 0 saturated carbocycles. The molecule has 2 aromatic carbocycles. The molecule has 1 N–H and O–H groups in total. The predicted molar refractivity (Wildman–Crippen MR) is 131 cm³/mol. The van der Waals surface area contributed by atoms with Gasteiger partial charge in [0.1, 0.15) is 23.3 Å². The summed E-state index contributed by atoms with van der Waals surface area (Å²) in [7, 11) is 3.84. The van der Waals surface area contributed by atoms with Crippen LogP contribution in [-0.2, 0) is 9.59 Å². The molecule has 1 fully saturated rings. The molecule has 1 aromatic heterocycles. The lowest BCUT2D eigenvalue weighted by Crippen LogP contribution is -2.29. The third kappa shape index (κ3) is 4.41. The Hall–Kier alpha value is -4.00. The summed E-state index contributed by atoms with van der Waals surface area (Å²) >= 11 is 0. The molecule has 0 radical (unpaired) electrons. The molecule has 0 bridgehead atoms. The summed E-state index contributed by atoms with van der Waals surface area (Å²) in [5.74, 6) is -0.495. The van der Waals surface area contributed by atoms with Crippen molar-refractivity contribution in [3.8, 4) is 5.75 Å². The van der Waals surface area contributed by atoms with Crippen molar-refractivity contribution in [3.63, 3.8) is 0 Å². The molecule has 7 nitrogen and oxygen atoms in total. The minimum absolute atomic E-state index is 0.0300. The fourth-order valence-electron chi connectivity index (χ4n) is 3.88. The number of aliphatic hydroxyl groups excluding tert-OH is 1. The monoisotopic (exact) mass is 460 g/mol. The van der Waals surface area contributed by atoms with Crippen molar-refractivity contribution in [2.24, 2.45) is 5.92 Å². The number of hydrogen-bond donors (Lipinski definition) is 1. The van der Waals surface area contributed by atoms with Crippen LogP contribution in [0.3, 0.4) is 0 Å². The van der Waals surface area contributed by atoms with E-state index in [2.05, 4.69) is 0 Å². The van der Waals surface area contributed by atoms with Gasteiger partial charge in [0.05, 0.1) is 18.4 Å². The van der Waals surface area contributed by atoms with E-state index in [9.17, 15) is 14.7 Å². The number of nitrogens with zero attached hydrogens (tertiary/aromatic N) is 2. The number of carbonyl (C=O) groups is 2. The molecular formula is C27H28N2O5. The summed E-state index contributed by atoms with van der Waals surface area (Å²) in [5, 5.41) is 11.2. The molecule has 1 atom stereocenters. The zero-order valence-electron chi connectivity index (χ0n) is 19.7. The molecule has 7 heteroatoms. The summed E-state index contributed by atoms with van der Waals surface area (Å²) < 4.78 is 11.4. The Morgan fingerprint density at radius 3 is 2.44 bits per heavy atom. The van der Waals surface area contributed by atoms with Gasteiger partial charge in [0.25, 0.3) is 11.7 Å². The van der Waals surface area contributed by atoms with Gasteiger partial charge in [0, 0.05) is 31.0 Å². The lowest BCUT2D eigenvalue weighted by molar-refractivity contribution is -0.132. The maximum atomic E-state index is 13.2. The molecule has 1 amide bonds. The van der Waals surface area contributed by atoms with Crippen LogP contribution in [0.15, 0.2) is 76.9 Å². The smallest absolute Gasteiger partial charge is 0.300 e. The molecule has 34 heavy (non-hydrogen) atoms. The molecule has 0 aliphatic carbocycles. The average molecular weight is 461 g/mol. The second kappa shape index (κ2) is 9.47. The minimum Gasteiger partial charge on any atom is -0.507 e. The number of amides is 1. The third-order valence-electron chi connectivity index (χ3n) is 5.59. The molecule has 1 aliphatic rings. The highest BCUT2D eigenvalue weighted by Crippen LogP contribution is 2.42. The minimum atomic E-state index is -0.902. The van der Waals surface area contributed by atoms with Gasteiger partial charge >= 0.3 is 0 Å². The molecule has 0 spiro atoms. The van der Waals surface area contributed by atoms with E-state index in [-0.39, 0.29) is 11.3 Å². The number of carbonyl (C=O) groups excluding carboxylic acids is 2. The molecule has 176 valence electrons. The second-order valence-electron chi connectivity index (χ2n) is 8.83. The van der Waals surface area contributed by atoms with Crippen LogP contribution >= 0.6 is 0 Å². The maximum Gasteiger partial charge on any atom is 0.300 e. The highest BCUT2D eigenvalue weighted by atomic mass is 16.5. The standard InChI is InChI=1S/C27H28N2O5/c1-17(2)16-34-21-8-5-7-18(15-21)25(30)23-24(22-9-6-14-33-22)29(27(32)26(23)31)20-12-10-19(11-13-20)28(3)4/h5-15,17,24,30H,16H2,1-4H3/b25-23-. The van der Waals surface area contributed by atoms with E-state index in [0.29, 0.717) is 35.3 Å². The zero-order chi connectivity index (χ0) is 24.4. The van der Waals surface area contributed by atoms with Gasteiger partial charge in [-0.15, -0.1) is 0 Å². The first-order valence-electron chi connectivity index (χ1n) is 11.1. The first kappa shape index (κ1) is 23.2. The van der Waals surface area contributed by atoms with Crippen molar-refractivity contribution in [1.82, 2.24) is 0 Å². The van der Waals surface area contributed by atoms with Crippen molar-refractivity contribution in [3.05, 3.63) is 83.8 Å². The Morgan fingerprint density at radius 1 is 1.09 bits per heavy atom. The summed E-state index contributed by atoms with van der Waals surface area (Å²) in [4.78, 5) is 29.7. The molecule has 2 heterocycles. The highest BCUT2D eigenvalue weighted by molar-refractivity contribution is 6.51.